The van der Waals surface area contributed by atoms with E-state index in [0.717, 1.165) is 22.3 Å². The third kappa shape index (κ3) is 4.58. The number of fused-ring (bicyclic) bond motifs is 1. The number of rotatable bonds is 6. The van der Waals surface area contributed by atoms with Crippen molar-refractivity contribution in [3.05, 3.63) is 48.5 Å². The van der Waals surface area contributed by atoms with Crippen LogP contribution in [0.1, 0.15) is 26.7 Å². The highest BCUT2D eigenvalue weighted by Crippen LogP contribution is 2.36. The van der Waals surface area contributed by atoms with Gasteiger partial charge in [-0.05, 0) is 50.1 Å². The van der Waals surface area contributed by atoms with Gasteiger partial charge in [0.25, 0.3) is 10.0 Å². The van der Waals surface area contributed by atoms with Crippen molar-refractivity contribution in [2.75, 3.05) is 18.0 Å². The minimum absolute atomic E-state index is 0.0456. The standard InChI is InChI=1S/C23H27N3O5S/c1-3-15(2)31-23(28)25-32(29,30)18-8-9-22(26-11-10-17(27)14-26)19(13-18)21-12-16-6-4-5-7-20(16)24-21/h4-9,12-13,15,17,24,27H,3,10-11,14H2,1-2H3,(H,25,28)/t15?,17-/m0/s1. The zero-order valence-electron chi connectivity index (χ0n) is 18.0. The van der Waals surface area contributed by atoms with E-state index in [0.29, 0.717) is 31.5 Å². The van der Waals surface area contributed by atoms with Gasteiger partial charge < -0.3 is 19.7 Å². The number of hydrogen-bond acceptors (Lipinski definition) is 6. The van der Waals surface area contributed by atoms with Crippen molar-refractivity contribution in [3.63, 3.8) is 0 Å². The highest BCUT2D eigenvalue weighted by atomic mass is 32.2. The van der Waals surface area contributed by atoms with E-state index in [1.807, 2.05) is 46.9 Å². The molecule has 3 N–H and O–H groups in total. The summed E-state index contributed by atoms with van der Waals surface area (Å²) < 4.78 is 32.8. The number of aromatic nitrogens is 1. The molecule has 1 amide bonds. The van der Waals surface area contributed by atoms with Crippen LogP contribution in [0, 0.1) is 0 Å². The first-order chi connectivity index (χ1) is 15.3. The van der Waals surface area contributed by atoms with Gasteiger partial charge in [0.15, 0.2) is 0 Å². The summed E-state index contributed by atoms with van der Waals surface area (Å²) >= 11 is 0. The van der Waals surface area contributed by atoms with Crippen LogP contribution in [0.15, 0.2) is 53.4 Å². The van der Waals surface area contributed by atoms with Crippen LogP contribution in [0.4, 0.5) is 10.5 Å². The molecule has 1 saturated heterocycles. The van der Waals surface area contributed by atoms with E-state index in [-0.39, 0.29) is 4.90 Å². The number of anilines is 1. The highest BCUT2D eigenvalue weighted by Gasteiger charge is 2.26. The Bertz CT molecular complexity index is 1200. The summed E-state index contributed by atoms with van der Waals surface area (Å²) in [6.07, 6.45) is -0.593. The third-order valence-corrected chi connectivity index (χ3v) is 7.01. The largest absolute Gasteiger partial charge is 0.446 e. The number of nitrogens with one attached hydrogen (secondary N) is 2. The summed E-state index contributed by atoms with van der Waals surface area (Å²) in [5, 5.41) is 11.0. The summed E-state index contributed by atoms with van der Waals surface area (Å²) in [5.74, 6) is 0. The summed E-state index contributed by atoms with van der Waals surface area (Å²) in [7, 11) is -4.13. The number of ether oxygens (including phenoxy) is 1. The van der Waals surface area contributed by atoms with Crippen LogP contribution in [0.2, 0.25) is 0 Å². The lowest BCUT2D eigenvalue weighted by atomic mass is 10.1. The maximum Gasteiger partial charge on any atom is 0.421 e. The van der Waals surface area contributed by atoms with E-state index in [4.69, 9.17) is 4.74 Å². The van der Waals surface area contributed by atoms with Gasteiger partial charge in [0.2, 0.25) is 0 Å². The Hall–Kier alpha value is -3.04. The third-order valence-electron chi connectivity index (χ3n) is 5.70. The van der Waals surface area contributed by atoms with Crippen LogP contribution in [0.25, 0.3) is 22.2 Å². The molecule has 8 nitrogen and oxygen atoms in total. The van der Waals surface area contributed by atoms with Crippen molar-refractivity contribution >= 4 is 32.7 Å². The average Bonchev–Trinajstić information content (AvgIpc) is 3.38. The maximum atomic E-state index is 12.9. The molecule has 1 unspecified atom stereocenters. The topological polar surface area (TPSA) is 112 Å². The fourth-order valence-electron chi connectivity index (χ4n) is 3.81. The van der Waals surface area contributed by atoms with Gasteiger partial charge in [-0.3, -0.25) is 0 Å². The highest BCUT2D eigenvalue weighted by molar-refractivity contribution is 7.90. The quantitative estimate of drug-likeness (QED) is 0.521. The van der Waals surface area contributed by atoms with E-state index in [2.05, 4.69) is 4.98 Å². The van der Waals surface area contributed by atoms with E-state index in [1.54, 1.807) is 19.1 Å². The van der Waals surface area contributed by atoms with Crippen LogP contribution < -0.4 is 9.62 Å². The molecule has 0 aliphatic carbocycles. The molecule has 0 radical (unpaired) electrons. The zero-order chi connectivity index (χ0) is 22.9. The molecule has 32 heavy (non-hydrogen) atoms. The van der Waals surface area contributed by atoms with Crippen molar-refractivity contribution in [3.8, 4) is 11.3 Å². The number of benzene rings is 2. The summed E-state index contributed by atoms with van der Waals surface area (Å²) in [5.41, 5.74) is 3.17. The fourth-order valence-corrected chi connectivity index (χ4v) is 4.72. The molecule has 2 heterocycles. The summed E-state index contributed by atoms with van der Waals surface area (Å²) in [4.78, 5) is 17.4. The van der Waals surface area contributed by atoms with Crippen LogP contribution in [-0.2, 0) is 14.8 Å². The number of carbonyl (C=O) groups is 1. The molecule has 2 aromatic carbocycles. The second-order valence-electron chi connectivity index (χ2n) is 8.07. The molecule has 170 valence electrons. The van der Waals surface area contributed by atoms with Gasteiger partial charge >= 0.3 is 6.09 Å². The van der Waals surface area contributed by atoms with Crippen molar-refractivity contribution in [2.24, 2.45) is 0 Å². The van der Waals surface area contributed by atoms with Crippen molar-refractivity contribution in [2.45, 2.75) is 43.8 Å². The minimum Gasteiger partial charge on any atom is -0.446 e. The Morgan fingerprint density at radius 3 is 2.75 bits per heavy atom. The lowest BCUT2D eigenvalue weighted by Gasteiger charge is -2.22. The number of sulfonamides is 1. The molecular formula is C23H27N3O5S. The van der Waals surface area contributed by atoms with Crippen molar-refractivity contribution < 1.29 is 23.1 Å². The van der Waals surface area contributed by atoms with Crippen molar-refractivity contribution in [1.82, 2.24) is 9.71 Å². The predicted molar refractivity (Wildman–Crippen MR) is 123 cm³/mol. The minimum atomic E-state index is -4.13. The number of carbonyl (C=O) groups excluding carboxylic acids is 1. The Kier molecular flexibility index (Phi) is 6.12. The maximum absolute atomic E-state index is 12.9. The monoisotopic (exact) mass is 457 g/mol. The number of aromatic amines is 1. The number of aliphatic hydroxyl groups is 1. The molecule has 1 aliphatic rings. The van der Waals surface area contributed by atoms with Gasteiger partial charge in [0.05, 0.1) is 11.0 Å². The number of hydrogen-bond donors (Lipinski definition) is 3. The van der Waals surface area contributed by atoms with E-state index in [1.165, 1.54) is 6.07 Å². The molecule has 1 aliphatic heterocycles. The molecule has 1 aromatic heterocycles. The lowest BCUT2D eigenvalue weighted by molar-refractivity contribution is 0.110. The summed E-state index contributed by atoms with van der Waals surface area (Å²) in [6.45, 7) is 4.67. The van der Waals surface area contributed by atoms with Gasteiger partial charge in [-0.1, -0.05) is 25.1 Å². The first kappa shape index (κ1) is 22.2. The number of amides is 1. The molecule has 0 saturated carbocycles. The van der Waals surface area contributed by atoms with Gasteiger partial charge in [0, 0.05) is 40.9 Å². The Balaban J connectivity index is 1.74. The molecule has 3 aromatic rings. The van der Waals surface area contributed by atoms with Crippen molar-refractivity contribution in [1.29, 1.82) is 0 Å². The van der Waals surface area contributed by atoms with Crippen LogP contribution in [-0.4, -0.2) is 49.9 Å². The number of para-hydroxylation sites is 1. The number of aliphatic hydroxyl groups excluding tert-OH is 1. The van der Waals surface area contributed by atoms with E-state index < -0.39 is 28.3 Å². The Morgan fingerprint density at radius 2 is 2.06 bits per heavy atom. The second kappa shape index (κ2) is 8.84. The van der Waals surface area contributed by atoms with Crippen LogP contribution in [0.3, 0.4) is 0 Å². The smallest absolute Gasteiger partial charge is 0.421 e. The molecule has 0 spiro atoms. The van der Waals surface area contributed by atoms with Crippen LogP contribution >= 0.6 is 0 Å². The van der Waals surface area contributed by atoms with E-state index in [9.17, 15) is 18.3 Å². The first-order valence-electron chi connectivity index (χ1n) is 10.7. The molecule has 1 fully saturated rings. The SMILES string of the molecule is CCC(C)OC(=O)NS(=O)(=O)c1ccc(N2CC[C@H](O)C2)c(-c2cc3ccccc3[nH]2)c1. The first-order valence-corrected chi connectivity index (χ1v) is 12.1. The molecule has 9 heteroatoms. The summed E-state index contributed by atoms with van der Waals surface area (Å²) in [6, 6.07) is 14.5. The Labute approximate surface area is 187 Å². The zero-order valence-corrected chi connectivity index (χ0v) is 18.9. The fraction of sp³-hybridized carbons (Fsp3) is 0.348. The lowest BCUT2D eigenvalue weighted by Crippen LogP contribution is -2.33. The normalized spacial score (nSPS) is 17.5. The number of nitrogens with zero attached hydrogens (tertiary/aromatic N) is 1. The van der Waals surface area contributed by atoms with Crippen LogP contribution in [0.5, 0.6) is 0 Å². The van der Waals surface area contributed by atoms with E-state index >= 15 is 0 Å². The molecule has 4 rings (SSSR count). The molecular weight excluding hydrogens is 430 g/mol. The molecule has 2 atom stereocenters. The Morgan fingerprint density at radius 1 is 1.28 bits per heavy atom. The van der Waals surface area contributed by atoms with Gasteiger partial charge in [-0.25, -0.2) is 17.9 Å². The molecule has 0 bridgehead atoms. The predicted octanol–water partition coefficient (Wildman–Crippen LogP) is 3.62. The number of β-amino-alcohol motifs (C(OH)–C–C–N with tert-alkyl or cyclic N) is 1. The number of H-pyrrole nitrogens is 1. The van der Waals surface area contributed by atoms with Gasteiger partial charge in [-0.2, -0.15) is 0 Å². The van der Waals surface area contributed by atoms with Gasteiger partial charge in [0.1, 0.15) is 6.10 Å². The second-order valence-corrected chi connectivity index (χ2v) is 9.75. The van der Waals surface area contributed by atoms with Gasteiger partial charge in [-0.15, -0.1) is 0 Å². The average molecular weight is 458 g/mol.